The number of para-hydroxylation sites is 1. The van der Waals surface area contributed by atoms with Crippen LogP contribution in [0.2, 0.25) is 0 Å². The fraction of sp³-hybridized carbons (Fsp3) is 0.462. The van der Waals surface area contributed by atoms with E-state index in [4.69, 9.17) is 4.74 Å². The number of rotatable bonds is 5. The van der Waals surface area contributed by atoms with E-state index in [-0.39, 0.29) is 11.9 Å². The van der Waals surface area contributed by atoms with Gasteiger partial charge in [0.2, 0.25) is 5.91 Å². The molecule has 0 fully saturated rings. The van der Waals surface area contributed by atoms with Crippen molar-refractivity contribution in [2.75, 3.05) is 21.2 Å². The second-order valence-corrected chi connectivity index (χ2v) is 4.02. The molecule has 0 aliphatic carbocycles. The molecule has 0 spiro atoms. The zero-order valence-electron chi connectivity index (χ0n) is 10.9. The lowest BCUT2D eigenvalue weighted by Crippen LogP contribution is -2.41. The lowest BCUT2D eigenvalue weighted by molar-refractivity contribution is -0.132. The highest BCUT2D eigenvalue weighted by molar-refractivity contribution is 5.81. The number of ether oxygens (including phenoxy) is 1. The van der Waals surface area contributed by atoms with Gasteiger partial charge in [0.1, 0.15) is 5.75 Å². The maximum absolute atomic E-state index is 11.9. The van der Waals surface area contributed by atoms with Crippen LogP contribution in [0.1, 0.15) is 12.5 Å². The van der Waals surface area contributed by atoms with Crippen molar-refractivity contribution < 1.29 is 9.53 Å². The Bertz CT molecular complexity index is 379. The first-order chi connectivity index (χ1) is 8.10. The highest BCUT2D eigenvalue weighted by atomic mass is 16.5. The predicted molar refractivity (Wildman–Crippen MR) is 68.0 cm³/mol. The average molecular weight is 236 g/mol. The van der Waals surface area contributed by atoms with Gasteiger partial charge < -0.3 is 15.0 Å². The number of nitrogens with zero attached hydrogens (tertiary/aromatic N) is 1. The number of hydrogen-bond donors (Lipinski definition) is 1. The van der Waals surface area contributed by atoms with E-state index in [0.29, 0.717) is 6.54 Å². The molecule has 1 aromatic rings. The molecule has 0 bridgehead atoms. The summed E-state index contributed by atoms with van der Waals surface area (Å²) in [5.41, 5.74) is 1.01. The van der Waals surface area contributed by atoms with Crippen molar-refractivity contribution in [3.8, 4) is 5.75 Å². The molecule has 0 aliphatic heterocycles. The van der Waals surface area contributed by atoms with Crippen LogP contribution in [0.3, 0.4) is 0 Å². The predicted octanol–water partition coefficient (Wildman–Crippen LogP) is 1.26. The Kier molecular flexibility index (Phi) is 4.97. The van der Waals surface area contributed by atoms with Gasteiger partial charge in [-0.05, 0) is 20.0 Å². The SMILES string of the molecule is CNC(C)C(=O)N(C)Cc1ccccc1OC. The van der Waals surface area contributed by atoms with E-state index in [0.717, 1.165) is 11.3 Å². The van der Waals surface area contributed by atoms with Crippen LogP contribution < -0.4 is 10.1 Å². The van der Waals surface area contributed by atoms with Crippen molar-refractivity contribution in [3.63, 3.8) is 0 Å². The molecular formula is C13H20N2O2. The Balaban J connectivity index is 2.74. The van der Waals surface area contributed by atoms with E-state index in [9.17, 15) is 4.79 Å². The van der Waals surface area contributed by atoms with E-state index in [2.05, 4.69) is 5.32 Å². The van der Waals surface area contributed by atoms with Crippen LogP contribution in [-0.4, -0.2) is 38.1 Å². The molecule has 4 heteroatoms. The van der Waals surface area contributed by atoms with Crippen LogP contribution in [0.25, 0.3) is 0 Å². The minimum Gasteiger partial charge on any atom is -0.496 e. The van der Waals surface area contributed by atoms with Gasteiger partial charge in [0, 0.05) is 19.2 Å². The Hall–Kier alpha value is -1.55. The summed E-state index contributed by atoms with van der Waals surface area (Å²) in [6.07, 6.45) is 0. The minimum absolute atomic E-state index is 0.0680. The number of benzene rings is 1. The average Bonchev–Trinajstić information content (AvgIpc) is 2.37. The van der Waals surface area contributed by atoms with Gasteiger partial charge in [0.25, 0.3) is 0 Å². The highest BCUT2D eigenvalue weighted by Crippen LogP contribution is 2.18. The standard InChI is InChI=1S/C13H20N2O2/c1-10(14-2)13(16)15(3)9-11-7-5-6-8-12(11)17-4/h5-8,10,14H,9H2,1-4H3. The van der Waals surface area contributed by atoms with Crippen molar-refractivity contribution in [1.82, 2.24) is 10.2 Å². The fourth-order valence-electron chi connectivity index (χ4n) is 1.62. The summed E-state index contributed by atoms with van der Waals surface area (Å²) in [5.74, 6) is 0.877. The molecule has 0 saturated carbocycles. The topological polar surface area (TPSA) is 41.6 Å². The number of hydrogen-bond acceptors (Lipinski definition) is 3. The van der Waals surface area contributed by atoms with Gasteiger partial charge in [-0.2, -0.15) is 0 Å². The van der Waals surface area contributed by atoms with Crippen LogP contribution in [0, 0.1) is 0 Å². The Morgan fingerprint density at radius 1 is 1.47 bits per heavy atom. The van der Waals surface area contributed by atoms with Gasteiger partial charge in [-0.1, -0.05) is 18.2 Å². The number of carbonyl (C=O) groups is 1. The monoisotopic (exact) mass is 236 g/mol. The van der Waals surface area contributed by atoms with Crippen LogP contribution in [-0.2, 0) is 11.3 Å². The summed E-state index contributed by atoms with van der Waals surface area (Å²) in [5, 5.41) is 2.94. The van der Waals surface area contributed by atoms with Gasteiger partial charge in [0.15, 0.2) is 0 Å². The molecule has 1 atom stereocenters. The van der Waals surface area contributed by atoms with E-state index < -0.39 is 0 Å². The summed E-state index contributed by atoms with van der Waals surface area (Å²) < 4.78 is 5.26. The zero-order valence-corrected chi connectivity index (χ0v) is 10.9. The summed E-state index contributed by atoms with van der Waals surface area (Å²) in [7, 11) is 5.21. The van der Waals surface area contributed by atoms with Gasteiger partial charge in [-0.25, -0.2) is 0 Å². The van der Waals surface area contributed by atoms with E-state index >= 15 is 0 Å². The number of likely N-dealkylation sites (N-methyl/N-ethyl adjacent to an activating group) is 2. The van der Waals surface area contributed by atoms with E-state index in [1.165, 1.54) is 0 Å². The molecular weight excluding hydrogens is 216 g/mol. The van der Waals surface area contributed by atoms with Gasteiger partial charge in [-0.15, -0.1) is 0 Å². The lowest BCUT2D eigenvalue weighted by atomic mass is 10.2. The largest absolute Gasteiger partial charge is 0.496 e. The van der Waals surface area contributed by atoms with Crippen LogP contribution in [0.4, 0.5) is 0 Å². The molecule has 1 N–H and O–H groups in total. The highest BCUT2D eigenvalue weighted by Gasteiger charge is 2.16. The number of carbonyl (C=O) groups excluding carboxylic acids is 1. The maximum atomic E-state index is 11.9. The fourth-order valence-corrected chi connectivity index (χ4v) is 1.62. The Morgan fingerprint density at radius 3 is 2.71 bits per heavy atom. The van der Waals surface area contributed by atoms with Gasteiger partial charge >= 0.3 is 0 Å². The minimum atomic E-state index is -0.172. The first kappa shape index (κ1) is 13.5. The molecule has 4 nitrogen and oxygen atoms in total. The van der Waals surface area contributed by atoms with Crippen molar-refractivity contribution in [1.29, 1.82) is 0 Å². The Morgan fingerprint density at radius 2 is 2.12 bits per heavy atom. The zero-order chi connectivity index (χ0) is 12.8. The van der Waals surface area contributed by atoms with Crippen molar-refractivity contribution in [2.24, 2.45) is 0 Å². The number of methoxy groups -OCH3 is 1. The first-order valence-corrected chi connectivity index (χ1v) is 5.64. The van der Waals surface area contributed by atoms with Crippen LogP contribution >= 0.6 is 0 Å². The summed E-state index contributed by atoms with van der Waals surface area (Å²) >= 11 is 0. The van der Waals surface area contributed by atoms with Crippen molar-refractivity contribution in [2.45, 2.75) is 19.5 Å². The van der Waals surface area contributed by atoms with Crippen molar-refractivity contribution in [3.05, 3.63) is 29.8 Å². The molecule has 1 unspecified atom stereocenters. The Labute approximate surface area is 103 Å². The van der Waals surface area contributed by atoms with Crippen molar-refractivity contribution >= 4 is 5.91 Å². The quantitative estimate of drug-likeness (QED) is 0.837. The second kappa shape index (κ2) is 6.25. The molecule has 0 radical (unpaired) electrons. The first-order valence-electron chi connectivity index (χ1n) is 5.64. The second-order valence-electron chi connectivity index (χ2n) is 4.02. The third-order valence-corrected chi connectivity index (χ3v) is 2.78. The van der Waals surface area contributed by atoms with Gasteiger partial charge in [0.05, 0.1) is 13.2 Å². The molecule has 0 aliphatic rings. The molecule has 17 heavy (non-hydrogen) atoms. The molecule has 1 amide bonds. The molecule has 0 aromatic heterocycles. The normalized spacial score (nSPS) is 12.0. The molecule has 1 aromatic carbocycles. The number of nitrogens with one attached hydrogen (secondary N) is 1. The smallest absolute Gasteiger partial charge is 0.239 e. The van der Waals surface area contributed by atoms with Crippen LogP contribution in [0.15, 0.2) is 24.3 Å². The van der Waals surface area contributed by atoms with Crippen LogP contribution in [0.5, 0.6) is 5.75 Å². The van der Waals surface area contributed by atoms with E-state index in [1.54, 1.807) is 26.1 Å². The third kappa shape index (κ3) is 3.46. The molecule has 1 rings (SSSR count). The molecule has 0 saturated heterocycles. The van der Waals surface area contributed by atoms with E-state index in [1.807, 2.05) is 31.2 Å². The lowest BCUT2D eigenvalue weighted by Gasteiger charge is -2.22. The number of amides is 1. The third-order valence-electron chi connectivity index (χ3n) is 2.78. The van der Waals surface area contributed by atoms with Gasteiger partial charge in [-0.3, -0.25) is 4.79 Å². The molecule has 94 valence electrons. The summed E-state index contributed by atoms with van der Waals surface area (Å²) in [6, 6.07) is 7.55. The maximum Gasteiger partial charge on any atom is 0.239 e. The molecule has 0 heterocycles. The summed E-state index contributed by atoms with van der Waals surface area (Å²) in [6.45, 7) is 2.40. The summed E-state index contributed by atoms with van der Waals surface area (Å²) in [4.78, 5) is 13.6.